The highest BCUT2D eigenvalue weighted by atomic mass is 32.1. The summed E-state index contributed by atoms with van der Waals surface area (Å²) >= 11 is 1.49. The third-order valence-electron chi connectivity index (χ3n) is 5.84. The smallest absolute Gasteiger partial charge is 0.270 e. The Balaban J connectivity index is 1.37. The maximum atomic E-state index is 12.9. The second kappa shape index (κ2) is 6.85. The van der Waals surface area contributed by atoms with Crippen LogP contribution in [0.4, 0.5) is 0 Å². The predicted molar refractivity (Wildman–Crippen MR) is 102 cm³/mol. The second-order valence-electron chi connectivity index (χ2n) is 7.48. The van der Waals surface area contributed by atoms with Gasteiger partial charge in [0.05, 0.1) is 23.5 Å². The molecule has 2 amide bonds. The van der Waals surface area contributed by atoms with E-state index in [1.807, 2.05) is 10.3 Å². The van der Waals surface area contributed by atoms with Gasteiger partial charge in [0.1, 0.15) is 5.69 Å². The van der Waals surface area contributed by atoms with Gasteiger partial charge in [-0.1, -0.05) is 0 Å². The Morgan fingerprint density at radius 3 is 2.89 bits per heavy atom. The Kier molecular flexibility index (Phi) is 4.34. The van der Waals surface area contributed by atoms with Gasteiger partial charge in [-0.2, -0.15) is 0 Å². The van der Waals surface area contributed by atoms with E-state index in [9.17, 15) is 9.59 Å². The lowest BCUT2D eigenvalue weighted by molar-refractivity contribution is 0.0304. The molecule has 3 aliphatic rings. The van der Waals surface area contributed by atoms with Crippen molar-refractivity contribution in [1.29, 1.82) is 0 Å². The van der Waals surface area contributed by atoms with E-state index >= 15 is 0 Å². The number of pyridine rings is 1. The van der Waals surface area contributed by atoms with Crippen molar-refractivity contribution < 1.29 is 14.3 Å². The zero-order valence-electron chi connectivity index (χ0n) is 14.9. The molecule has 3 atom stereocenters. The first-order valence-electron chi connectivity index (χ1n) is 9.50. The van der Waals surface area contributed by atoms with Crippen LogP contribution in [0.1, 0.15) is 40.1 Å². The number of morpholine rings is 1. The third-order valence-corrected chi connectivity index (χ3v) is 6.77. The van der Waals surface area contributed by atoms with Gasteiger partial charge in [-0.05, 0) is 25.3 Å². The van der Waals surface area contributed by atoms with Gasteiger partial charge in [-0.25, -0.2) is 4.98 Å². The Bertz CT molecular complexity index is 892. The van der Waals surface area contributed by atoms with Crippen LogP contribution in [-0.2, 0) is 4.74 Å². The number of fused-ring (bicyclic) bond motifs is 3. The number of nitrogens with one attached hydrogen (secondary N) is 2. The molecule has 2 bridgehead atoms. The predicted octanol–water partition coefficient (Wildman–Crippen LogP) is 1.39. The molecule has 0 saturated carbocycles. The van der Waals surface area contributed by atoms with Gasteiger partial charge in [0, 0.05) is 48.2 Å². The van der Waals surface area contributed by atoms with Gasteiger partial charge >= 0.3 is 0 Å². The summed E-state index contributed by atoms with van der Waals surface area (Å²) in [5, 5.41) is 9.32. The van der Waals surface area contributed by atoms with Gasteiger partial charge in [0.15, 0.2) is 0 Å². The fraction of sp³-hybridized carbons (Fsp3) is 0.526. The summed E-state index contributed by atoms with van der Waals surface area (Å²) in [6, 6.07) is 2.84. The largest absolute Gasteiger partial charge is 0.378 e. The standard InChI is InChI=1S/C19H22N4O3S/c24-18(22-15-7-11-1-2-14(15)21-11)16-8-12-13(10-27-17(12)9-20-16)19(25)23-3-5-26-6-4-23/h8-11,14-15,21H,1-7H2,(H,22,24)/t11-,14+,15-/m1/s1. The third kappa shape index (κ3) is 3.11. The highest BCUT2D eigenvalue weighted by Gasteiger charge is 2.39. The van der Waals surface area contributed by atoms with Crippen molar-refractivity contribution in [2.24, 2.45) is 0 Å². The molecule has 3 fully saturated rings. The molecule has 7 nitrogen and oxygen atoms in total. The molecule has 0 aliphatic carbocycles. The number of amides is 2. The highest BCUT2D eigenvalue weighted by Crippen LogP contribution is 2.29. The Morgan fingerprint density at radius 1 is 1.30 bits per heavy atom. The van der Waals surface area contributed by atoms with Crippen LogP contribution >= 0.6 is 11.3 Å². The lowest BCUT2D eigenvalue weighted by Crippen LogP contribution is -2.43. The summed E-state index contributed by atoms with van der Waals surface area (Å²) in [4.78, 5) is 31.7. The number of hydrogen-bond donors (Lipinski definition) is 2. The SMILES string of the molecule is O=C(N[C@@H]1C[C@H]2CC[C@@H]1N2)c1cc2c(C(=O)N3CCOCC3)csc2cn1. The van der Waals surface area contributed by atoms with E-state index in [2.05, 4.69) is 15.6 Å². The number of rotatable bonds is 3. The van der Waals surface area contributed by atoms with Crippen molar-refractivity contribution in [1.82, 2.24) is 20.5 Å². The first-order chi connectivity index (χ1) is 13.2. The van der Waals surface area contributed by atoms with Gasteiger partial charge in [-0.3, -0.25) is 9.59 Å². The lowest BCUT2D eigenvalue weighted by atomic mass is 9.95. The monoisotopic (exact) mass is 386 g/mol. The summed E-state index contributed by atoms with van der Waals surface area (Å²) in [5.74, 6) is -0.161. The molecule has 5 rings (SSSR count). The Morgan fingerprint density at radius 2 is 2.15 bits per heavy atom. The lowest BCUT2D eigenvalue weighted by Gasteiger charge is -2.26. The Labute approximate surface area is 161 Å². The van der Waals surface area contributed by atoms with Crippen LogP contribution in [0, 0.1) is 0 Å². The molecule has 0 spiro atoms. The van der Waals surface area contributed by atoms with Crippen LogP contribution < -0.4 is 10.6 Å². The number of carbonyl (C=O) groups is 2. The molecule has 27 heavy (non-hydrogen) atoms. The van der Waals surface area contributed by atoms with Crippen molar-refractivity contribution in [2.45, 2.75) is 37.4 Å². The van der Waals surface area contributed by atoms with E-state index in [1.54, 1.807) is 12.3 Å². The van der Waals surface area contributed by atoms with Crippen LogP contribution in [0.2, 0.25) is 0 Å². The molecule has 2 aromatic rings. The van der Waals surface area contributed by atoms with E-state index in [-0.39, 0.29) is 17.9 Å². The van der Waals surface area contributed by atoms with Crippen LogP contribution in [0.3, 0.4) is 0 Å². The van der Waals surface area contributed by atoms with E-state index in [4.69, 9.17) is 4.74 Å². The van der Waals surface area contributed by atoms with E-state index in [1.165, 1.54) is 17.8 Å². The molecule has 2 N–H and O–H groups in total. The van der Waals surface area contributed by atoms with Gasteiger partial charge in [0.2, 0.25) is 0 Å². The summed E-state index contributed by atoms with van der Waals surface area (Å²) in [6.07, 6.45) is 5.00. The molecule has 0 radical (unpaired) electrons. The molecule has 0 aromatic carbocycles. The number of nitrogens with zero attached hydrogens (tertiary/aromatic N) is 2. The summed E-state index contributed by atoms with van der Waals surface area (Å²) in [6.45, 7) is 2.35. The van der Waals surface area contributed by atoms with Gasteiger partial charge in [-0.15, -0.1) is 11.3 Å². The molecule has 3 aliphatic heterocycles. The molecule has 2 aromatic heterocycles. The number of hydrogen-bond acceptors (Lipinski definition) is 6. The van der Waals surface area contributed by atoms with Gasteiger partial charge < -0.3 is 20.3 Å². The average molecular weight is 386 g/mol. The Hall–Kier alpha value is -2.03. The van der Waals surface area contributed by atoms with Crippen LogP contribution in [0.25, 0.3) is 10.1 Å². The van der Waals surface area contributed by atoms with Crippen molar-refractivity contribution in [3.63, 3.8) is 0 Å². The molecular formula is C19H22N4O3S. The maximum Gasteiger partial charge on any atom is 0.270 e. The number of ether oxygens (including phenoxy) is 1. The van der Waals surface area contributed by atoms with Crippen LogP contribution in [0.15, 0.2) is 17.6 Å². The van der Waals surface area contributed by atoms with Crippen molar-refractivity contribution in [3.05, 3.63) is 28.9 Å². The molecule has 0 unspecified atom stereocenters. The van der Waals surface area contributed by atoms with Crippen LogP contribution in [-0.4, -0.2) is 66.1 Å². The van der Waals surface area contributed by atoms with Crippen molar-refractivity contribution in [3.8, 4) is 0 Å². The molecule has 8 heteroatoms. The zero-order valence-corrected chi connectivity index (χ0v) is 15.8. The first kappa shape index (κ1) is 17.1. The molecule has 3 saturated heterocycles. The average Bonchev–Trinajstić information content (AvgIpc) is 3.43. The van der Waals surface area contributed by atoms with E-state index < -0.39 is 0 Å². The number of carbonyl (C=O) groups excluding carboxylic acids is 2. The maximum absolute atomic E-state index is 12.9. The summed E-state index contributed by atoms with van der Waals surface area (Å²) in [5.41, 5.74) is 1.02. The first-order valence-corrected chi connectivity index (χ1v) is 10.4. The minimum atomic E-state index is -0.160. The fourth-order valence-electron chi connectivity index (χ4n) is 4.39. The quantitative estimate of drug-likeness (QED) is 0.833. The second-order valence-corrected chi connectivity index (χ2v) is 8.39. The summed E-state index contributed by atoms with van der Waals surface area (Å²) < 4.78 is 6.25. The highest BCUT2D eigenvalue weighted by molar-refractivity contribution is 7.17. The minimum absolute atomic E-state index is 0.000545. The fourth-order valence-corrected chi connectivity index (χ4v) is 5.27. The van der Waals surface area contributed by atoms with Crippen molar-refractivity contribution >= 4 is 33.2 Å². The minimum Gasteiger partial charge on any atom is -0.378 e. The summed E-state index contributed by atoms with van der Waals surface area (Å²) in [7, 11) is 0. The number of aromatic nitrogens is 1. The normalized spacial score (nSPS) is 27.3. The molecule has 5 heterocycles. The number of thiophene rings is 1. The van der Waals surface area contributed by atoms with E-state index in [0.717, 1.165) is 22.9 Å². The van der Waals surface area contributed by atoms with Gasteiger partial charge in [0.25, 0.3) is 11.8 Å². The molecule has 142 valence electrons. The van der Waals surface area contributed by atoms with E-state index in [0.29, 0.717) is 49.6 Å². The van der Waals surface area contributed by atoms with Crippen molar-refractivity contribution in [2.75, 3.05) is 26.3 Å². The molecular weight excluding hydrogens is 364 g/mol. The zero-order chi connectivity index (χ0) is 18.4. The van der Waals surface area contributed by atoms with Crippen LogP contribution in [0.5, 0.6) is 0 Å². The topological polar surface area (TPSA) is 83.6 Å².